The Labute approximate surface area is 130 Å². The second-order valence-corrected chi connectivity index (χ2v) is 6.36. The van der Waals surface area contributed by atoms with Gasteiger partial charge in [-0.15, -0.1) is 0 Å². The molecular weight excluding hydrogens is 282 g/mol. The molecule has 0 atom stereocenters. The number of fused-ring (bicyclic) bond motifs is 1. The number of urea groups is 1. The van der Waals surface area contributed by atoms with Gasteiger partial charge in [0.1, 0.15) is 5.75 Å². The van der Waals surface area contributed by atoms with Gasteiger partial charge in [0.2, 0.25) is 5.91 Å². The normalized spacial score (nSPS) is 14.2. The molecule has 6 nitrogen and oxygen atoms in total. The fourth-order valence-electron chi connectivity index (χ4n) is 2.13. The lowest BCUT2D eigenvalue weighted by Gasteiger charge is -2.20. The van der Waals surface area contributed by atoms with Gasteiger partial charge in [-0.25, -0.2) is 4.79 Å². The SMILES string of the molecule is CC(C)(C)NC(=O)NCCc1ccc2c(c1)NC(=O)CCO2. The van der Waals surface area contributed by atoms with Gasteiger partial charge >= 0.3 is 6.03 Å². The van der Waals surface area contributed by atoms with Crippen molar-refractivity contribution in [1.82, 2.24) is 10.6 Å². The van der Waals surface area contributed by atoms with Crippen LogP contribution in [0.5, 0.6) is 5.75 Å². The van der Waals surface area contributed by atoms with Crippen LogP contribution in [-0.2, 0) is 11.2 Å². The molecule has 6 heteroatoms. The van der Waals surface area contributed by atoms with Gasteiger partial charge in [0, 0.05) is 12.1 Å². The summed E-state index contributed by atoms with van der Waals surface area (Å²) < 4.78 is 5.51. The van der Waals surface area contributed by atoms with Gasteiger partial charge in [0.25, 0.3) is 0 Å². The number of nitrogens with one attached hydrogen (secondary N) is 3. The van der Waals surface area contributed by atoms with Crippen LogP contribution < -0.4 is 20.7 Å². The van der Waals surface area contributed by atoms with Crippen molar-refractivity contribution in [1.29, 1.82) is 0 Å². The van der Waals surface area contributed by atoms with Gasteiger partial charge in [-0.3, -0.25) is 4.79 Å². The molecule has 0 radical (unpaired) electrons. The zero-order valence-corrected chi connectivity index (χ0v) is 13.3. The van der Waals surface area contributed by atoms with Crippen molar-refractivity contribution in [2.75, 3.05) is 18.5 Å². The lowest BCUT2D eigenvalue weighted by atomic mass is 10.1. The van der Waals surface area contributed by atoms with E-state index >= 15 is 0 Å². The van der Waals surface area contributed by atoms with Gasteiger partial charge in [-0.2, -0.15) is 0 Å². The first-order chi connectivity index (χ1) is 10.3. The third-order valence-corrected chi connectivity index (χ3v) is 3.09. The summed E-state index contributed by atoms with van der Waals surface area (Å²) in [5.74, 6) is 0.645. The third-order valence-electron chi connectivity index (χ3n) is 3.09. The molecule has 22 heavy (non-hydrogen) atoms. The van der Waals surface area contributed by atoms with E-state index in [1.54, 1.807) is 0 Å². The molecule has 0 aromatic heterocycles. The first kappa shape index (κ1) is 16.1. The number of hydrogen-bond acceptors (Lipinski definition) is 3. The Morgan fingerprint density at radius 3 is 2.86 bits per heavy atom. The molecule has 3 N–H and O–H groups in total. The van der Waals surface area contributed by atoms with Crippen LogP contribution in [0.3, 0.4) is 0 Å². The number of ether oxygens (including phenoxy) is 1. The van der Waals surface area contributed by atoms with Crippen LogP contribution in [0, 0.1) is 0 Å². The Bertz CT molecular complexity index is 564. The van der Waals surface area contributed by atoms with Crippen LogP contribution in [0.2, 0.25) is 0 Å². The van der Waals surface area contributed by atoms with E-state index in [-0.39, 0.29) is 17.5 Å². The van der Waals surface area contributed by atoms with Crippen molar-refractivity contribution in [3.05, 3.63) is 23.8 Å². The summed E-state index contributed by atoms with van der Waals surface area (Å²) in [5.41, 5.74) is 1.47. The van der Waals surface area contributed by atoms with E-state index < -0.39 is 0 Å². The molecule has 0 spiro atoms. The van der Waals surface area contributed by atoms with E-state index in [0.29, 0.717) is 37.4 Å². The van der Waals surface area contributed by atoms with E-state index in [1.165, 1.54) is 0 Å². The summed E-state index contributed by atoms with van der Waals surface area (Å²) in [6, 6.07) is 5.51. The van der Waals surface area contributed by atoms with E-state index in [4.69, 9.17) is 4.74 Å². The summed E-state index contributed by atoms with van der Waals surface area (Å²) in [6.45, 7) is 6.72. The molecule has 120 valence electrons. The minimum absolute atomic E-state index is 0.0430. The predicted octanol–water partition coefficient (Wildman–Crippen LogP) is 2.05. The maximum absolute atomic E-state index is 11.7. The maximum Gasteiger partial charge on any atom is 0.315 e. The van der Waals surface area contributed by atoms with Crippen molar-refractivity contribution < 1.29 is 14.3 Å². The first-order valence-electron chi connectivity index (χ1n) is 7.45. The first-order valence-corrected chi connectivity index (χ1v) is 7.45. The largest absolute Gasteiger partial charge is 0.491 e. The van der Waals surface area contributed by atoms with Gasteiger partial charge < -0.3 is 20.7 Å². The standard InChI is InChI=1S/C16H23N3O3/c1-16(2,3)19-15(21)17-8-6-11-4-5-13-12(10-11)18-14(20)7-9-22-13/h4-5,10H,6-9H2,1-3H3,(H,18,20)(H2,17,19,21). The molecule has 0 aliphatic carbocycles. The molecule has 3 amide bonds. The number of hydrogen-bond donors (Lipinski definition) is 3. The predicted molar refractivity (Wildman–Crippen MR) is 85.2 cm³/mol. The van der Waals surface area contributed by atoms with Crippen molar-refractivity contribution >= 4 is 17.6 Å². The number of carbonyl (C=O) groups excluding carboxylic acids is 2. The van der Waals surface area contributed by atoms with E-state index in [2.05, 4.69) is 16.0 Å². The number of carbonyl (C=O) groups is 2. The Morgan fingerprint density at radius 2 is 2.14 bits per heavy atom. The van der Waals surface area contributed by atoms with Crippen LogP contribution >= 0.6 is 0 Å². The highest BCUT2D eigenvalue weighted by Gasteiger charge is 2.15. The highest BCUT2D eigenvalue weighted by atomic mass is 16.5. The molecule has 1 aromatic carbocycles. The highest BCUT2D eigenvalue weighted by Crippen LogP contribution is 2.28. The fraction of sp³-hybridized carbons (Fsp3) is 0.500. The summed E-state index contributed by atoms with van der Waals surface area (Å²) >= 11 is 0. The molecule has 0 unspecified atom stereocenters. The third kappa shape index (κ3) is 4.95. The highest BCUT2D eigenvalue weighted by molar-refractivity contribution is 5.93. The van der Waals surface area contributed by atoms with Gasteiger partial charge in [-0.1, -0.05) is 6.07 Å². The monoisotopic (exact) mass is 305 g/mol. The van der Waals surface area contributed by atoms with E-state index in [0.717, 1.165) is 5.56 Å². The maximum atomic E-state index is 11.7. The van der Waals surface area contributed by atoms with Crippen LogP contribution in [0.4, 0.5) is 10.5 Å². The average Bonchev–Trinajstić information content (AvgIpc) is 2.56. The van der Waals surface area contributed by atoms with Crippen molar-refractivity contribution in [3.8, 4) is 5.75 Å². The summed E-state index contributed by atoms with van der Waals surface area (Å²) in [6.07, 6.45) is 1.04. The van der Waals surface area contributed by atoms with Gasteiger partial charge in [-0.05, 0) is 44.9 Å². The number of anilines is 1. The molecule has 1 aliphatic heterocycles. The summed E-state index contributed by atoms with van der Waals surface area (Å²) in [5, 5.41) is 8.49. The Balaban J connectivity index is 1.89. The lowest BCUT2D eigenvalue weighted by molar-refractivity contribution is -0.116. The molecular formula is C16H23N3O3. The molecule has 0 fully saturated rings. The fourth-order valence-corrected chi connectivity index (χ4v) is 2.13. The van der Waals surface area contributed by atoms with Crippen LogP contribution in [-0.4, -0.2) is 30.6 Å². The quantitative estimate of drug-likeness (QED) is 0.799. The topological polar surface area (TPSA) is 79.5 Å². The zero-order valence-electron chi connectivity index (χ0n) is 13.3. The number of amides is 3. The Morgan fingerprint density at radius 1 is 1.36 bits per heavy atom. The van der Waals surface area contributed by atoms with Crippen molar-refractivity contribution in [3.63, 3.8) is 0 Å². The van der Waals surface area contributed by atoms with Gasteiger partial charge in [0.05, 0.1) is 18.7 Å². The molecule has 0 saturated heterocycles. The molecule has 0 saturated carbocycles. The summed E-state index contributed by atoms with van der Waals surface area (Å²) in [4.78, 5) is 23.2. The van der Waals surface area contributed by atoms with Crippen molar-refractivity contribution in [2.45, 2.75) is 39.2 Å². The number of benzene rings is 1. The second kappa shape index (κ2) is 6.68. The molecule has 2 rings (SSSR count). The van der Waals surface area contributed by atoms with Crippen LogP contribution in [0.25, 0.3) is 0 Å². The second-order valence-electron chi connectivity index (χ2n) is 6.36. The van der Waals surface area contributed by atoms with Gasteiger partial charge in [0.15, 0.2) is 0 Å². The minimum Gasteiger partial charge on any atom is -0.491 e. The molecule has 0 bridgehead atoms. The molecule has 1 aromatic rings. The Hall–Kier alpha value is -2.24. The Kier molecular flexibility index (Phi) is 4.90. The van der Waals surface area contributed by atoms with E-state index in [9.17, 15) is 9.59 Å². The molecule has 1 heterocycles. The van der Waals surface area contributed by atoms with Crippen LogP contribution in [0.1, 0.15) is 32.8 Å². The summed E-state index contributed by atoms with van der Waals surface area (Å²) in [7, 11) is 0. The smallest absolute Gasteiger partial charge is 0.315 e. The van der Waals surface area contributed by atoms with Crippen molar-refractivity contribution in [2.24, 2.45) is 0 Å². The van der Waals surface area contributed by atoms with E-state index in [1.807, 2.05) is 39.0 Å². The number of rotatable bonds is 3. The minimum atomic E-state index is -0.254. The molecule has 1 aliphatic rings. The average molecular weight is 305 g/mol. The lowest BCUT2D eigenvalue weighted by Crippen LogP contribution is -2.46. The van der Waals surface area contributed by atoms with Crippen LogP contribution in [0.15, 0.2) is 18.2 Å². The zero-order chi connectivity index (χ0) is 16.2.